The van der Waals surface area contributed by atoms with Gasteiger partial charge in [0.2, 0.25) is 0 Å². The van der Waals surface area contributed by atoms with Crippen molar-refractivity contribution in [3.8, 4) is 0 Å². The second-order valence-corrected chi connectivity index (χ2v) is 8.35. The summed E-state index contributed by atoms with van der Waals surface area (Å²) in [5.74, 6) is 0.840. The number of rotatable bonds is 8. The molecule has 3 heterocycles. The minimum atomic E-state index is -1.22. The molecule has 2 aromatic rings. The van der Waals surface area contributed by atoms with Gasteiger partial charge in [0.1, 0.15) is 12.0 Å². The van der Waals surface area contributed by atoms with Crippen LogP contribution in [0.25, 0.3) is 0 Å². The summed E-state index contributed by atoms with van der Waals surface area (Å²) < 4.78 is 14.7. The number of ketones is 1. The normalized spacial score (nSPS) is 20.0. The van der Waals surface area contributed by atoms with Crippen molar-refractivity contribution < 1.29 is 14.0 Å². The molecule has 2 fully saturated rings. The fourth-order valence-corrected chi connectivity index (χ4v) is 4.01. The molecule has 2 atom stereocenters. The maximum atomic E-state index is 14.7. The van der Waals surface area contributed by atoms with Gasteiger partial charge in [0.05, 0.1) is 25.6 Å². The smallest absolute Gasteiger partial charge is 0.309 e. The maximum absolute atomic E-state index is 14.7. The molecule has 2 aromatic heterocycles. The first-order chi connectivity index (χ1) is 14.5. The van der Waals surface area contributed by atoms with Crippen LogP contribution in [-0.4, -0.2) is 52.0 Å². The molecule has 0 unspecified atom stereocenters. The fraction of sp³-hybridized carbons (Fsp3) is 0.455. The zero-order valence-corrected chi connectivity index (χ0v) is 17.6. The summed E-state index contributed by atoms with van der Waals surface area (Å²) in [6.07, 6.45) is 4.74. The van der Waals surface area contributed by atoms with Crippen molar-refractivity contribution in [1.82, 2.24) is 14.9 Å². The van der Waals surface area contributed by atoms with Crippen molar-refractivity contribution in [1.29, 1.82) is 0 Å². The number of urea groups is 1. The van der Waals surface area contributed by atoms with Crippen LogP contribution in [0.1, 0.15) is 43.4 Å². The molecule has 0 aromatic carbocycles. The van der Waals surface area contributed by atoms with Crippen LogP contribution >= 0.6 is 11.6 Å². The van der Waals surface area contributed by atoms with Gasteiger partial charge < -0.3 is 4.90 Å². The molecule has 0 bridgehead atoms. The number of alkyl halides is 1. The van der Waals surface area contributed by atoms with E-state index in [1.54, 1.807) is 25.3 Å². The number of Topliss-reactive ketones (excluding diaryl/α,β-unsaturated/α-hetero) is 1. The van der Waals surface area contributed by atoms with Gasteiger partial charge >= 0.3 is 6.03 Å². The van der Waals surface area contributed by atoms with Crippen LogP contribution in [0.3, 0.4) is 0 Å². The van der Waals surface area contributed by atoms with Crippen molar-refractivity contribution >= 4 is 29.2 Å². The number of anilines is 1. The molecule has 1 saturated heterocycles. The fourth-order valence-electron chi connectivity index (χ4n) is 3.83. The molecule has 6 nitrogen and oxygen atoms in total. The third-order valence-corrected chi connectivity index (χ3v) is 5.89. The van der Waals surface area contributed by atoms with Crippen molar-refractivity contribution in [2.24, 2.45) is 0 Å². The highest BCUT2D eigenvalue weighted by Gasteiger charge is 2.43. The van der Waals surface area contributed by atoms with Crippen molar-refractivity contribution in [3.63, 3.8) is 0 Å². The average molecular weight is 431 g/mol. The minimum absolute atomic E-state index is 0.0362. The molecule has 0 spiro atoms. The molecule has 4 rings (SSSR count). The quantitative estimate of drug-likeness (QED) is 0.630. The highest BCUT2D eigenvalue weighted by molar-refractivity contribution is 6.30. The van der Waals surface area contributed by atoms with Crippen LogP contribution in [0.4, 0.5) is 15.0 Å². The minimum Gasteiger partial charge on any atom is -0.309 e. The van der Waals surface area contributed by atoms with Gasteiger partial charge in [0, 0.05) is 23.1 Å². The Balaban J connectivity index is 1.49. The van der Waals surface area contributed by atoms with E-state index in [-0.39, 0.29) is 31.7 Å². The second kappa shape index (κ2) is 8.68. The summed E-state index contributed by atoms with van der Waals surface area (Å²) in [5.41, 5.74) is 1.69. The Morgan fingerprint density at radius 3 is 2.73 bits per heavy atom. The molecule has 8 heteroatoms. The monoisotopic (exact) mass is 430 g/mol. The average Bonchev–Trinajstić information content (AvgIpc) is 3.53. The number of halogens is 2. The molecule has 1 saturated carbocycles. The largest absolute Gasteiger partial charge is 0.326 e. The molecule has 158 valence electrons. The van der Waals surface area contributed by atoms with Crippen LogP contribution in [0.15, 0.2) is 36.7 Å². The highest BCUT2D eigenvalue weighted by Crippen LogP contribution is 2.40. The van der Waals surface area contributed by atoms with Gasteiger partial charge in [-0.25, -0.2) is 14.2 Å². The predicted molar refractivity (Wildman–Crippen MR) is 113 cm³/mol. The van der Waals surface area contributed by atoms with Crippen LogP contribution in [0, 0.1) is 0 Å². The molecule has 1 aliphatic heterocycles. The van der Waals surface area contributed by atoms with E-state index in [1.807, 2.05) is 12.1 Å². The number of amides is 2. The van der Waals surface area contributed by atoms with Gasteiger partial charge in [-0.1, -0.05) is 24.6 Å². The number of pyridine rings is 2. The van der Waals surface area contributed by atoms with Crippen LogP contribution in [0.2, 0.25) is 5.02 Å². The summed E-state index contributed by atoms with van der Waals surface area (Å²) in [5, 5.41) is 0.490. The predicted octanol–water partition coefficient (Wildman–Crippen LogP) is 4.18. The first-order valence-corrected chi connectivity index (χ1v) is 10.6. The number of nitrogens with zero attached hydrogens (tertiary/aromatic N) is 4. The second-order valence-electron chi connectivity index (χ2n) is 7.92. The molecule has 30 heavy (non-hydrogen) atoms. The zero-order chi connectivity index (χ0) is 21.3. The lowest BCUT2D eigenvalue weighted by atomic mass is 10.1. The van der Waals surface area contributed by atoms with E-state index in [0.29, 0.717) is 22.5 Å². The Labute approximate surface area is 180 Å². The van der Waals surface area contributed by atoms with E-state index < -0.39 is 18.2 Å². The lowest BCUT2D eigenvalue weighted by Gasteiger charge is -2.24. The Morgan fingerprint density at radius 2 is 2.10 bits per heavy atom. The van der Waals surface area contributed by atoms with Gasteiger partial charge in [-0.15, -0.1) is 0 Å². The van der Waals surface area contributed by atoms with Gasteiger partial charge in [0.15, 0.2) is 5.78 Å². The molecule has 0 N–H and O–H groups in total. The lowest BCUT2D eigenvalue weighted by Crippen LogP contribution is -2.43. The number of aromatic nitrogens is 2. The first kappa shape index (κ1) is 20.7. The van der Waals surface area contributed by atoms with E-state index >= 15 is 0 Å². The first-order valence-electron chi connectivity index (χ1n) is 10.3. The summed E-state index contributed by atoms with van der Waals surface area (Å²) in [4.78, 5) is 37.0. The maximum Gasteiger partial charge on any atom is 0.326 e. The third kappa shape index (κ3) is 4.46. The van der Waals surface area contributed by atoms with Crippen LogP contribution in [0.5, 0.6) is 0 Å². The number of hydrogen-bond donors (Lipinski definition) is 0. The highest BCUT2D eigenvalue weighted by atomic mass is 35.5. The van der Waals surface area contributed by atoms with Crippen molar-refractivity contribution in [3.05, 3.63) is 52.9 Å². The zero-order valence-electron chi connectivity index (χ0n) is 16.8. The summed E-state index contributed by atoms with van der Waals surface area (Å²) >= 11 is 5.95. The molecule has 1 aliphatic carbocycles. The standard InChI is InChI=1S/C22H24ClFN4O2/c1-2-19(24)20-13-28(21-6-5-15(11-26-21)14-3-4-14)22(30)27(20)12-18(29)10-17-9-16(23)7-8-25-17/h5-9,11,14,19-20H,2-4,10,12-13H2,1H3/t19-,20+/m0/s1. The number of carbonyl (C=O) groups excluding carboxylic acids is 2. The van der Waals surface area contributed by atoms with Crippen molar-refractivity contribution in [2.45, 2.75) is 50.7 Å². The van der Waals surface area contributed by atoms with E-state index in [2.05, 4.69) is 9.97 Å². The summed E-state index contributed by atoms with van der Waals surface area (Å²) in [6.45, 7) is 1.73. The van der Waals surface area contributed by atoms with Gasteiger partial charge in [-0.3, -0.25) is 14.7 Å². The van der Waals surface area contributed by atoms with Crippen LogP contribution < -0.4 is 4.90 Å². The van der Waals surface area contributed by atoms with Crippen molar-refractivity contribution in [2.75, 3.05) is 18.0 Å². The molecular weight excluding hydrogens is 407 g/mol. The Kier molecular flexibility index (Phi) is 5.99. The van der Waals surface area contributed by atoms with Gasteiger partial charge in [-0.2, -0.15) is 0 Å². The van der Waals surface area contributed by atoms with E-state index in [9.17, 15) is 14.0 Å². The number of hydrogen-bond acceptors (Lipinski definition) is 4. The Hall–Kier alpha value is -2.54. The number of carbonyl (C=O) groups is 2. The molecule has 2 amide bonds. The van der Waals surface area contributed by atoms with Crippen LogP contribution in [-0.2, 0) is 11.2 Å². The van der Waals surface area contributed by atoms with E-state index in [4.69, 9.17) is 11.6 Å². The molecule has 2 aliphatic rings. The van der Waals surface area contributed by atoms with Gasteiger partial charge in [0.25, 0.3) is 0 Å². The third-order valence-electron chi connectivity index (χ3n) is 5.65. The molecule has 0 radical (unpaired) electrons. The lowest BCUT2D eigenvalue weighted by molar-refractivity contribution is -0.119. The van der Waals surface area contributed by atoms with E-state index in [0.717, 1.165) is 0 Å². The Morgan fingerprint density at radius 1 is 1.30 bits per heavy atom. The SMILES string of the molecule is CC[C@H](F)[C@H]1CN(c2ccc(C3CC3)cn2)C(=O)N1CC(=O)Cc1cc(Cl)ccn1. The van der Waals surface area contributed by atoms with Gasteiger partial charge in [-0.05, 0) is 48.9 Å². The summed E-state index contributed by atoms with van der Waals surface area (Å²) in [7, 11) is 0. The Bertz CT molecular complexity index is 935. The molecular formula is C22H24ClFN4O2. The van der Waals surface area contributed by atoms with E-state index in [1.165, 1.54) is 34.4 Å². The topological polar surface area (TPSA) is 66.4 Å². The summed E-state index contributed by atoms with van der Waals surface area (Å²) in [6, 6.07) is 5.95.